The van der Waals surface area contributed by atoms with E-state index in [9.17, 15) is 22.8 Å². The fourth-order valence-corrected chi connectivity index (χ4v) is 4.28. The van der Waals surface area contributed by atoms with Crippen molar-refractivity contribution in [3.63, 3.8) is 0 Å². The van der Waals surface area contributed by atoms with Crippen LogP contribution < -0.4 is 10.2 Å². The van der Waals surface area contributed by atoms with Crippen LogP contribution in [0.4, 0.5) is 13.2 Å². The van der Waals surface area contributed by atoms with E-state index in [1.54, 1.807) is 20.8 Å². The van der Waals surface area contributed by atoms with E-state index in [0.29, 0.717) is 27.9 Å². The van der Waals surface area contributed by atoms with Gasteiger partial charge in [-0.15, -0.1) is 0 Å². The van der Waals surface area contributed by atoms with Gasteiger partial charge in [-0.3, -0.25) is 19.7 Å². The topological polar surface area (TPSA) is 97.8 Å². The second-order valence-electron chi connectivity index (χ2n) is 9.10. The lowest BCUT2D eigenvalue weighted by Gasteiger charge is -2.11. The fraction of sp³-hybridized carbons (Fsp3) is 0.138. The van der Waals surface area contributed by atoms with E-state index < -0.39 is 28.8 Å². The van der Waals surface area contributed by atoms with Gasteiger partial charge >= 0.3 is 0 Å². The highest BCUT2D eigenvalue weighted by Crippen LogP contribution is 2.30. The number of nitrogens with zero attached hydrogens (tertiary/aromatic N) is 3. The number of H-pyrrole nitrogens is 1. The number of hydrogen-bond acceptors (Lipinski definition) is 6. The third kappa shape index (κ3) is 5.00. The molecule has 1 N–H and O–H groups in total. The Labute approximate surface area is 220 Å². The molecular weight excluding hydrogens is 509 g/mol. The molecule has 0 fully saturated rings. The standard InChI is InChI=1S/C29H21F3N4O3/c1-14-10-18(30)5-6-19(14)25-16(3)35-36-27(28(25)38)22(37)13-17-4-7-23(20(31)12-17)39-24-8-9-33-21-11-15(2)29(32)34-26(21)24/h4-12H,13H2,1-3H3,(H,35,38). The van der Waals surface area contributed by atoms with E-state index >= 15 is 0 Å². The van der Waals surface area contributed by atoms with E-state index in [1.807, 2.05) is 0 Å². The van der Waals surface area contributed by atoms with Crippen molar-refractivity contribution in [2.24, 2.45) is 0 Å². The number of pyridine rings is 2. The zero-order valence-electron chi connectivity index (χ0n) is 21.1. The van der Waals surface area contributed by atoms with Crippen molar-refractivity contribution < 1.29 is 22.7 Å². The number of halogens is 3. The molecule has 3 heterocycles. The normalized spacial score (nSPS) is 11.1. The van der Waals surface area contributed by atoms with Gasteiger partial charge in [-0.2, -0.15) is 9.49 Å². The predicted molar refractivity (Wildman–Crippen MR) is 138 cm³/mol. The van der Waals surface area contributed by atoms with E-state index in [1.165, 1.54) is 48.7 Å². The number of aryl methyl sites for hydroxylation is 3. The van der Waals surface area contributed by atoms with Crippen LogP contribution in [0.2, 0.25) is 0 Å². The van der Waals surface area contributed by atoms with Crippen molar-refractivity contribution in [1.82, 2.24) is 20.2 Å². The van der Waals surface area contributed by atoms with Crippen molar-refractivity contribution in [2.45, 2.75) is 27.2 Å². The lowest BCUT2D eigenvalue weighted by atomic mass is 9.97. The number of fused-ring (bicyclic) bond motifs is 1. The molecule has 0 saturated carbocycles. The largest absolute Gasteiger partial charge is 0.452 e. The van der Waals surface area contributed by atoms with Gasteiger partial charge in [0, 0.05) is 29.9 Å². The zero-order valence-corrected chi connectivity index (χ0v) is 21.1. The molecule has 7 nitrogen and oxygen atoms in total. The van der Waals surface area contributed by atoms with Gasteiger partial charge in [0.15, 0.2) is 28.8 Å². The lowest BCUT2D eigenvalue weighted by Crippen LogP contribution is -2.23. The smallest absolute Gasteiger partial charge is 0.219 e. The van der Waals surface area contributed by atoms with Gasteiger partial charge in [-0.25, -0.2) is 13.8 Å². The van der Waals surface area contributed by atoms with E-state index in [4.69, 9.17) is 4.74 Å². The third-order valence-corrected chi connectivity index (χ3v) is 6.26. The highest BCUT2D eigenvalue weighted by atomic mass is 19.1. The Bertz CT molecular complexity index is 1840. The first-order valence-corrected chi connectivity index (χ1v) is 11.9. The number of Topliss-reactive ketones (excluding diaryl/α,β-unsaturated/α-hetero) is 1. The fourth-order valence-electron chi connectivity index (χ4n) is 4.28. The summed E-state index contributed by atoms with van der Waals surface area (Å²) in [6.07, 6.45) is 1.14. The van der Waals surface area contributed by atoms with Gasteiger partial charge in [-0.1, -0.05) is 12.1 Å². The minimum absolute atomic E-state index is 0.112. The summed E-state index contributed by atoms with van der Waals surface area (Å²) in [5.74, 6) is -2.58. The Balaban J connectivity index is 1.41. The molecule has 0 aliphatic rings. The molecular formula is C29H21F3N4O3. The molecule has 5 aromatic rings. The summed E-state index contributed by atoms with van der Waals surface area (Å²) in [5.41, 5.74) is 1.82. The van der Waals surface area contributed by atoms with Crippen LogP contribution in [-0.4, -0.2) is 25.9 Å². The van der Waals surface area contributed by atoms with Crippen LogP contribution in [0.5, 0.6) is 11.5 Å². The summed E-state index contributed by atoms with van der Waals surface area (Å²) >= 11 is 0. The Morgan fingerprint density at radius 1 is 0.949 bits per heavy atom. The van der Waals surface area contributed by atoms with Gasteiger partial charge in [-0.05, 0) is 67.8 Å². The van der Waals surface area contributed by atoms with Crippen molar-refractivity contribution in [3.05, 3.63) is 111 Å². The monoisotopic (exact) mass is 530 g/mol. The molecule has 3 aromatic heterocycles. The molecule has 0 aliphatic carbocycles. The minimum Gasteiger partial charge on any atom is -0.452 e. The van der Waals surface area contributed by atoms with Crippen LogP contribution in [-0.2, 0) is 6.42 Å². The molecule has 0 unspecified atom stereocenters. The number of ether oxygens (including phenoxy) is 1. The lowest BCUT2D eigenvalue weighted by molar-refractivity contribution is 0.0986. The molecule has 0 spiro atoms. The van der Waals surface area contributed by atoms with Crippen LogP contribution in [0.1, 0.15) is 32.9 Å². The van der Waals surface area contributed by atoms with Crippen LogP contribution in [0.15, 0.2) is 59.5 Å². The Morgan fingerprint density at radius 2 is 1.74 bits per heavy atom. The van der Waals surface area contributed by atoms with Crippen molar-refractivity contribution in [1.29, 1.82) is 0 Å². The van der Waals surface area contributed by atoms with Gasteiger partial charge in [0.25, 0.3) is 0 Å². The highest BCUT2D eigenvalue weighted by molar-refractivity contribution is 5.96. The van der Waals surface area contributed by atoms with E-state index in [-0.39, 0.29) is 40.3 Å². The van der Waals surface area contributed by atoms with Gasteiger partial charge < -0.3 is 4.74 Å². The molecule has 0 amide bonds. The molecule has 0 atom stereocenters. The molecule has 2 aromatic carbocycles. The van der Waals surface area contributed by atoms with Gasteiger partial charge in [0.2, 0.25) is 11.4 Å². The summed E-state index contributed by atoms with van der Waals surface area (Å²) in [6, 6.07) is 10.9. The molecule has 0 bridgehead atoms. The maximum absolute atomic E-state index is 15.0. The first-order chi connectivity index (χ1) is 18.6. The number of benzene rings is 2. The van der Waals surface area contributed by atoms with E-state index in [0.717, 1.165) is 6.07 Å². The zero-order chi connectivity index (χ0) is 27.8. The molecule has 39 heavy (non-hydrogen) atoms. The second-order valence-corrected chi connectivity index (χ2v) is 9.10. The Morgan fingerprint density at radius 3 is 2.49 bits per heavy atom. The molecule has 196 valence electrons. The van der Waals surface area contributed by atoms with Crippen molar-refractivity contribution >= 4 is 16.8 Å². The second kappa shape index (κ2) is 10.1. The van der Waals surface area contributed by atoms with Gasteiger partial charge in [0.05, 0.1) is 11.1 Å². The summed E-state index contributed by atoms with van der Waals surface area (Å²) < 4.78 is 48.2. The average molecular weight is 531 g/mol. The van der Waals surface area contributed by atoms with Gasteiger partial charge in [0.1, 0.15) is 11.3 Å². The molecule has 10 heteroatoms. The highest BCUT2D eigenvalue weighted by Gasteiger charge is 2.21. The Hall–Kier alpha value is -4.86. The summed E-state index contributed by atoms with van der Waals surface area (Å²) in [6.45, 7) is 4.85. The predicted octanol–water partition coefficient (Wildman–Crippen LogP) is 5.94. The van der Waals surface area contributed by atoms with Crippen LogP contribution in [0.3, 0.4) is 0 Å². The number of carbonyl (C=O) groups excluding carboxylic acids is 1. The average Bonchev–Trinajstić information content (AvgIpc) is 2.88. The number of carbonyl (C=O) groups is 1. The summed E-state index contributed by atoms with van der Waals surface area (Å²) in [7, 11) is 0. The maximum atomic E-state index is 15.0. The molecule has 0 radical (unpaired) electrons. The summed E-state index contributed by atoms with van der Waals surface area (Å²) in [4.78, 5) is 34.2. The summed E-state index contributed by atoms with van der Waals surface area (Å²) in [5, 5.41) is 6.61. The van der Waals surface area contributed by atoms with Crippen LogP contribution in [0.25, 0.3) is 22.2 Å². The van der Waals surface area contributed by atoms with Crippen LogP contribution in [0, 0.1) is 38.4 Å². The van der Waals surface area contributed by atoms with E-state index in [2.05, 4.69) is 20.2 Å². The quantitative estimate of drug-likeness (QED) is 0.216. The number of rotatable bonds is 6. The third-order valence-electron chi connectivity index (χ3n) is 6.26. The maximum Gasteiger partial charge on any atom is 0.219 e. The van der Waals surface area contributed by atoms with Crippen molar-refractivity contribution in [3.8, 4) is 22.6 Å². The van der Waals surface area contributed by atoms with Crippen LogP contribution >= 0.6 is 0 Å². The number of nitrogens with one attached hydrogen (secondary N) is 1. The minimum atomic E-state index is -0.772. The number of aromatic nitrogens is 4. The molecule has 0 saturated heterocycles. The first-order valence-electron chi connectivity index (χ1n) is 11.9. The molecule has 0 aliphatic heterocycles. The number of hydrogen-bond donors (Lipinski definition) is 1. The van der Waals surface area contributed by atoms with Crippen molar-refractivity contribution in [2.75, 3.05) is 0 Å². The number of ketones is 1. The Kier molecular flexibility index (Phi) is 6.69. The molecule has 5 rings (SSSR count). The number of aromatic amines is 1. The first kappa shape index (κ1) is 25.8. The SMILES string of the molecule is Cc1cc(F)ccc1-c1c(C)[nH]nc(C(=O)Cc2ccc(Oc3ccnc4cc(C)c(F)nc34)c(F)c2)c1=O.